The Morgan fingerprint density at radius 3 is 2.67 bits per heavy atom. The van der Waals surface area contributed by atoms with Gasteiger partial charge >= 0.3 is 0 Å². The molecule has 0 saturated carbocycles. The van der Waals surface area contributed by atoms with Crippen LogP contribution in [0.5, 0.6) is 0 Å². The number of guanidine groups is 1. The van der Waals surface area contributed by atoms with Crippen LogP contribution in [0.25, 0.3) is 0 Å². The summed E-state index contributed by atoms with van der Waals surface area (Å²) in [6.07, 6.45) is 5.33. The average molecular weight is 395 g/mol. The third-order valence-electron chi connectivity index (χ3n) is 5.10. The summed E-state index contributed by atoms with van der Waals surface area (Å²) in [5.41, 5.74) is 0.753. The van der Waals surface area contributed by atoms with Crippen molar-refractivity contribution in [2.45, 2.75) is 49.6 Å². The van der Waals surface area contributed by atoms with E-state index in [4.69, 9.17) is 4.74 Å². The first-order chi connectivity index (χ1) is 13.1. The number of nitrogens with one attached hydrogen (secondary N) is 2. The minimum atomic E-state index is -3.46. The normalized spacial score (nSPS) is 22.0. The van der Waals surface area contributed by atoms with Crippen LogP contribution in [0.4, 0.5) is 0 Å². The molecular formula is C19H30N4O3S. The third-order valence-corrected chi connectivity index (χ3v) is 7.10. The van der Waals surface area contributed by atoms with Gasteiger partial charge in [0.25, 0.3) is 0 Å². The predicted molar refractivity (Wildman–Crippen MR) is 106 cm³/mol. The number of ether oxygens (including phenoxy) is 1. The lowest BCUT2D eigenvalue weighted by Crippen LogP contribution is -2.41. The Balaban J connectivity index is 1.64. The van der Waals surface area contributed by atoms with Crippen LogP contribution in [0.1, 0.15) is 37.7 Å². The van der Waals surface area contributed by atoms with Gasteiger partial charge in [0.2, 0.25) is 10.0 Å². The zero-order chi connectivity index (χ0) is 19.1. The molecule has 2 aliphatic rings. The number of piperidine rings is 1. The number of nitrogens with zero attached hydrogens (tertiary/aromatic N) is 2. The Morgan fingerprint density at radius 1 is 1.19 bits per heavy atom. The number of sulfonamides is 1. The Morgan fingerprint density at radius 2 is 1.96 bits per heavy atom. The van der Waals surface area contributed by atoms with Gasteiger partial charge < -0.3 is 15.4 Å². The second-order valence-corrected chi connectivity index (χ2v) is 8.92. The molecule has 0 amide bonds. The van der Waals surface area contributed by atoms with Gasteiger partial charge in [-0.05, 0) is 37.3 Å². The summed E-state index contributed by atoms with van der Waals surface area (Å²) in [5, 5.41) is 6.48. The van der Waals surface area contributed by atoms with Gasteiger partial charge in [-0.1, -0.05) is 24.6 Å². The van der Waals surface area contributed by atoms with E-state index in [9.17, 15) is 8.42 Å². The van der Waals surface area contributed by atoms with Crippen LogP contribution >= 0.6 is 0 Å². The van der Waals surface area contributed by atoms with Gasteiger partial charge in [-0.3, -0.25) is 4.99 Å². The summed E-state index contributed by atoms with van der Waals surface area (Å²) in [7, 11) is -1.75. The standard InChI is InChI=1S/C19H30N4O3S/c1-20-19(22-15-17-9-7-13-26-17)21-14-16-8-3-4-10-18(16)27(24,25)23-11-5-2-6-12-23/h3-4,8,10,17H,2,5-7,9,11-15H2,1H3,(H2,20,21,22). The number of hydrogen-bond donors (Lipinski definition) is 2. The summed E-state index contributed by atoms with van der Waals surface area (Å²) >= 11 is 0. The number of hydrogen-bond acceptors (Lipinski definition) is 4. The van der Waals surface area contributed by atoms with E-state index in [1.165, 1.54) is 0 Å². The topological polar surface area (TPSA) is 83.0 Å². The average Bonchev–Trinajstić information content (AvgIpc) is 3.22. The van der Waals surface area contributed by atoms with Crippen molar-refractivity contribution < 1.29 is 13.2 Å². The summed E-state index contributed by atoms with van der Waals surface area (Å²) in [6, 6.07) is 7.21. The van der Waals surface area contributed by atoms with Crippen LogP contribution in [-0.2, 0) is 21.3 Å². The summed E-state index contributed by atoms with van der Waals surface area (Å²) in [4.78, 5) is 4.61. The molecule has 0 bridgehead atoms. The van der Waals surface area contributed by atoms with E-state index >= 15 is 0 Å². The van der Waals surface area contributed by atoms with Crippen molar-refractivity contribution in [2.24, 2.45) is 4.99 Å². The van der Waals surface area contributed by atoms with E-state index in [1.807, 2.05) is 12.1 Å². The SMILES string of the molecule is CN=C(NCc1ccccc1S(=O)(=O)N1CCCCC1)NCC1CCCO1. The lowest BCUT2D eigenvalue weighted by atomic mass is 10.2. The zero-order valence-corrected chi connectivity index (χ0v) is 16.8. The van der Waals surface area contributed by atoms with Crippen LogP contribution in [0, 0.1) is 0 Å². The van der Waals surface area contributed by atoms with Crippen LogP contribution in [0.3, 0.4) is 0 Å². The molecule has 2 aliphatic heterocycles. The fourth-order valence-electron chi connectivity index (χ4n) is 3.56. The molecule has 0 aliphatic carbocycles. The number of rotatable bonds is 6. The van der Waals surface area contributed by atoms with Crippen LogP contribution in [0.2, 0.25) is 0 Å². The number of benzene rings is 1. The van der Waals surface area contributed by atoms with Crippen molar-refractivity contribution in [3.63, 3.8) is 0 Å². The Kier molecular flexibility index (Phi) is 7.09. The second-order valence-electron chi connectivity index (χ2n) is 7.01. The third kappa shape index (κ3) is 5.21. The summed E-state index contributed by atoms with van der Waals surface area (Å²) in [5.74, 6) is 0.649. The van der Waals surface area contributed by atoms with Gasteiger partial charge in [0.15, 0.2) is 5.96 Å². The van der Waals surface area contributed by atoms with Crippen LogP contribution in [0.15, 0.2) is 34.2 Å². The van der Waals surface area contributed by atoms with E-state index in [0.717, 1.165) is 44.3 Å². The monoisotopic (exact) mass is 394 g/mol. The van der Waals surface area contributed by atoms with Crippen molar-refractivity contribution in [3.05, 3.63) is 29.8 Å². The van der Waals surface area contributed by atoms with Gasteiger partial charge in [-0.15, -0.1) is 0 Å². The molecule has 7 nitrogen and oxygen atoms in total. The minimum absolute atomic E-state index is 0.218. The van der Waals surface area contributed by atoms with Gasteiger partial charge in [-0.25, -0.2) is 8.42 Å². The molecular weight excluding hydrogens is 364 g/mol. The summed E-state index contributed by atoms with van der Waals surface area (Å²) in [6.45, 7) is 3.13. The molecule has 3 rings (SSSR count). The van der Waals surface area contributed by atoms with Gasteiger partial charge in [0.1, 0.15) is 0 Å². The Labute approximate surface area is 162 Å². The predicted octanol–water partition coefficient (Wildman–Crippen LogP) is 1.71. The lowest BCUT2D eigenvalue weighted by molar-refractivity contribution is 0.114. The fourth-order valence-corrected chi connectivity index (χ4v) is 5.30. The minimum Gasteiger partial charge on any atom is -0.376 e. The molecule has 0 radical (unpaired) electrons. The van der Waals surface area contributed by atoms with E-state index < -0.39 is 10.0 Å². The highest BCUT2D eigenvalue weighted by molar-refractivity contribution is 7.89. The maximum atomic E-state index is 13.1. The second kappa shape index (κ2) is 9.52. The fraction of sp³-hybridized carbons (Fsp3) is 0.632. The molecule has 1 aromatic rings. The molecule has 2 N–H and O–H groups in total. The molecule has 1 aromatic carbocycles. The maximum absolute atomic E-state index is 13.1. The first-order valence-electron chi connectivity index (χ1n) is 9.75. The highest BCUT2D eigenvalue weighted by Crippen LogP contribution is 2.23. The Bertz CT molecular complexity index is 739. The molecule has 150 valence electrons. The number of aliphatic imine (C=N–C) groups is 1. The first-order valence-corrected chi connectivity index (χ1v) is 11.2. The Hall–Kier alpha value is -1.64. The van der Waals surface area contributed by atoms with Gasteiger partial charge in [-0.2, -0.15) is 4.31 Å². The maximum Gasteiger partial charge on any atom is 0.243 e. The first kappa shape index (κ1) is 20.1. The molecule has 27 heavy (non-hydrogen) atoms. The summed E-state index contributed by atoms with van der Waals surface area (Å²) < 4.78 is 33.3. The zero-order valence-electron chi connectivity index (χ0n) is 16.0. The highest BCUT2D eigenvalue weighted by atomic mass is 32.2. The highest BCUT2D eigenvalue weighted by Gasteiger charge is 2.27. The van der Waals surface area contributed by atoms with E-state index in [0.29, 0.717) is 37.0 Å². The molecule has 0 spiro atoms. The van der Waals surface area contributed by atoms with Crippen molar-refractivity contribution in [1.29, 1.82) is 0 Å². The van der Waals surface area contributed by atoms with Gasteiger partial charge in [0, 0.05) is 39.8 Å². The smallest absolute Gasteiger partial charge is 0.243 e. The van der Waals surface area contributed by atoms with Crippen molar-refractivity contribution in [1.82, 2.24) is 14.9 Å². The molecule has 1 atom stereocenters. The van der Waals surface area contributed by atoms with Crippen molar-refractivity contribution >= 4 is 16.0 Å². The lowest BCUT2D eigenvalue weighted by Gasteiger charge is -2.27. The van der Waals surface area contributed by atoms with Gasteiger partial charge in [0.05, 0.1) is 11.0 Å². The largest absolute Gasteiger partial charge is 0.376 e. The van der Waals surface area contributed by atoms with Crippen LogP contribution < -0.4 is 10.6 Å². The van der Waals surface area contributed by atoms with E-state index in [1.54, 1.807) is 23.5 Å². The molecule has 2 heterocycles. The van der Waals surface area contributed by atoms with Crippen molar-refractivity contribution in [3.8, 4) is 0 Å². The molecule has 2 fully saturated rings. The van der Waals surface area contributed by atoms with E-state index in [-0.39, 0.29) is 6.10 Å². The molecule has 8 heteroatoms. The molecule has 2 saturated heterocycles. The molecule has 1 unspecified atom stereocenters. The van der Waals surface area contributed by atoms with Crippen LogP contribution in [-0.4, -0.2) is 58.1 Å². The van der Waals surface area contributed by atoms with Crippen molar-refractivity contribution in [2.75, 3.05) is 33.3 Å². The van der Waals surface area contributed by atoms with E-state index in [2.05, 4.69) is 15.6 Å². The molecule has 0 aromatic heterocycles. The quantitative estimate of drug-likeness (QED) is 0.567.